The van der Waals surface area contributed by atoms with E-state index < -0.39 is 0 Å². The van der Waals surface area contributed by atoms with Crippen LogP contribution in [-0.4, -0.2) is 6.54 Å². The smallest absolute Gasteiger partial charge is 0.106 e. The van der Waals surface area contributed by atoms with Crippen LogP contribution in [0.15, 0.2) is 22.6 Å². The molecule has 0 saturated carbocycles. The van der Waals surface area contributed by atoms with Gasteiger partial charge in [-0.1, -0.05) is 30.7 Å². The lowest BCUT2D eigenvalue weighted by molar-refractivity contribution is 0.494. The lowest BCUT2D eigenvalue weighted by Gasteiger charge is -2.20. The fourth-order valence-corrected chi connectivity index (χ4v) is 2.80. The summed E-state index contributed by atoms with van der Waals surface area (Å²) in [5, 5.41) is 4.34. The third-order valence-electron chi connectivity index (χ3n) is 3.84. The maximum absolute atomic E-state index is 6.28. The number of hydrogen-bond donors (Lipinski definition) is 1. The van der Waals surface area contributed by atoms with Gasteiger partial charge in [0.25, 0.3) is 0 Å². The van der Waals surface area contributed by atoms with Crippen molar-refractivity contribution in [1.29, 1.82) is 0 Å². The summed E-state index contributed by atoms with van der Waals surface area (Å²) in [4.78, 5) is 0. The van der Waals surface area contributed by atoms with E-state index in [-0.39, 0.29) is 6.04 Å². The van der Waals surface area contributed by atoms with E-state index in [2.05, 4.69) is 31.3 Å². The van der Waals surface area contributed by atoms with E-state index in [1.807, 2.05) is 26.8 Å². The zero-order chi connectivity index (χ0) is 14.9. The maximum atomic E-state index is 6.28. The number of nitrogens with one attached hydrogen (secondary N) is 1. The van der Waals surface area contributed by atoms with E-state index in [1.54, 1.807) is 0 Å². The summed E-state index contributed by atoms with van der Waals surface area (Å²) in [6.07, 6.45) is 0. The van der Waals surface area contributed by atoms with Crippen LogP contribution in [0.3, 0.4) is 0 Å². The van der Waals surface area contributed by atoms with Crippen LogP contribution < -0.4 is 5.32 Å². The van der Waals surface area contributed by atoms with Crippen molar-refractivity contribution in [3.63, 3.8) is 0 Å². The molecule has 1 unspecified atom stereocenters. The molecule has 1 aromatic carbocycles. The standard InChI is InChI=1S/C17H22ClNO/c1-6-19-17(14-8-7-10(2)15(18)9-14)16-11(3)12(4)20-13(16)5/h7-9,17,19H,6H2,1-5H3. The first-order valence-electron chi connectivity index (χ1n) is 7.01. The highest BCUT2D eigenvalue weighted by atomic mass is 35.5. The minimum absolute atomic E-state index is 0.121. The Morgan fingerprint density at radius 1 is 1.15 bits per heavy atom. The van der Waals surface area contributed by atoms with Gasteiger partial charge in [0.1, 0.15) is 11.5 Å². The molecule has 0 saturated heterocycles. The van der Waals surface area contributed by atoms with E-state index in [0.29, 0.717) is 0 Å². The zero-order valence-electron chi connectivity index (χ0n) is 12.8. The van der Waals surface area contributed by atoms with Crippen LogP contribution in [0.5, 0.6) is 0 Å². The van der Waals surface area contributed by atoms with Crippen molar-refractivity contribution in [3.05, 3.63) is 57.0 Å². The second kappa shape index (κ2) is 6.02. The number of hydrogen-bond acceptors (Lipinski definition) is 2. The van der Waals surface area contributed by atoms with Crippen LogP contribution in [0, 0.1) is 27.7 Å². The lowest BCUT2D eigenvalue weighted by Crippen LogP contribution is -2.23. The molecule has 2 nitrogen and oxygen atoms in total. The fraction of sp³-hybridized carbons (Fsp3) is 0.412. The van der Waals surface area contributed by atoms with Gasteiger partial charge in [-0.3, -0.25) is 0 Å². The van der Waals surface area contributed by atoms with Gasteiger partial charge in [0.2, 0.25) is 0 Å². The monoisotopic (exact) mass is 291 g/mol. The van der Waals surface area contributed by atoms with Gasteiger partial charge in [-0.25, -0.2) is 0 Å². The first-order valence-corrected chi connectivity index (χ1v) is 7.39. The molecule has 20 heavy (non-hydrogen) atoms. The summed E-state index contributed by atoms with van der Waals surface area (Å²) < 4.78 is 5.78. The largest absolute Gasteiger partial charge is 0.466 e. The minimum atomic E-state index is 0.121. The summed E-state index contributed by atoms with van der Waals surface area (Å²) in [6.45, 7) is 11.2. The minimum Gasteiger partial charge on any atom is -0.466 e. The Morgan fingerprint density at radius 2 is 1.85 bits per heavy atom. The van der Waals surface area contributed by atoms with Gasteiger partial charge in [-0.05, 0) is 57.0 Å². The number of benzene rings is 1. The molecule has 1 heterocycles. The first kappa shape index (κ1) is 15.1. The molecular formula is C17H22ClNO. The Kier molecular flexibility index (Phi) is 4.56. The van der Waals surface area contributed by atoms with E-state index in [1.165, 1.54) is 16.7 Å². The Labute approximate surface area is 126 Å². The van der Waals surface area contributed by atoms with Gasteiger partial charge in [0, 0.05) is 10.6 Å². The molecule has 1 N–H and O–H groups in total. The average molecular weight is 292 g/mol. The van der Waals surface area contributed by atoms with Crippen molar-refractivity contribution < 1.29 is 4.42 Å². The molecule has 108 valence electrons. The Balaban J connectivity index is 2.53. The van der Waals surface area contributed by atoms with E-state index in [9.17, 15) is 0 Å². The van der Waals surface area contributed by atoms with Crippen molar-refractivity contribution in [2.45, 2.75) is 40.7 Å². The molecule has 2 rings (SSSR count). The van der Waals surface area contributed by atoms with E-state index in [4.69, 9.17) is 16.0 Å². The molecule has 0 spiro atoms. The summed E-state index contributed by atoms with van der Waals surface area (Å²) >= 11 is 6.28. The summed E-state index contributed by atoms with van der Waals surface area (Å²) in [5.74, 6) is 1.96. The van der Waals surface area contributed by atoms with Crippen molar-refractivity contribution in [3.8, 4) is 0 Å². The van der Waals surface area contributed by atoms with Crippen LogP contribution in [0.4, 0.5) is 0 Å². The maximum Gasteiger partial charge on any atom is 0.106 e. The van der Waals surface area contributed by atoms with Crippen LogP contribution in [-0.2, 0) is 0 Å². The molecule has 0 amide bonds. The highest BCUT2D eigenvalue weighted by Gasteiger charge is 2.22. The van der Waals surface area contributed by atoms with Crippen LogP contribution >= 0.6 is 11.6 Å². The number of furan rings is 1. The second-order valence-corrected chi connectivity index (χ2v) is 5.66. The summed E-state index contributed by atoms with van der Waals surface area (Å²) in [7, 11) is 0. The molecule has 0 radical (unpaired) electrons. The van der Waals surface area contributed by atoms with Gasteiger partial charge in [0.15, 0.2) is 0 Å². The molecule has 0 aliphatic carbocycles. The third kappa shape index (κ3) is 2.77. The number of halogens is 1. The second-order valence-electron chi connectivity index (χ2n) is 5.25. The number of aryl methyl sites for hydroxylation is 3. The number of rotatable bonds is 4. The first-order chi connectivity index (χ1) is 9.45. The van der Waals surface area contributed by atoms with Crippen molar-refractivity contribution >= 4 is 11.6 Å². The molecule has 3 heteroatoms. The lowest BCUT2D eigenvalue weighted by atomic mass is 9.94. The average Bonchev–Trinajstić information content (AvgIpc) is 2.65. The fourth-order valence-electron chi connectivity index (χ4n) is 2.61. The molecule has 0 bridgehead atoms. The Morgan fingerprint density at radius 3 is 2.35 bits per heavy atom. The molecule has 2 aromatic rings. The normalized spacial score (nSPS) is 12.7. The third-order valence-corrected chi connectivity index (χ3v) is 4.25. The molecule has 0 aliphatic heterocycles. The molecule has 1 atom stereocenters. The van der Waals surface area contributed by atoms with Crippen LogP contribution in [0.2, 0.25) is 5.02 Å². The van der Waals surface area contributed by atoms with Crippen molar-refractivity contribution in [2.75, 3.05) is 6.54 Å². The molecular weight excluding hydrogens is 270 g/mol. The van der Waals surface area contributed by atoms with Crippen LogP contribution in [0.1, 0.15) is 46.7 Å². The highest BCUT2D eigenvalue weighted by molar-refractivity contribution is 6.31. The van der Waals surface area contributed by atoms with Crippen molar-refractivity contribution in [1.82, 2.24) is 5.32 Å². The Hall–Kier alpha value is -1.25. The quantitative estimate of drug-likeness (QED) is 0.870. The Bertz CT molecular complexity index is 616. The molecule has 1 aromatic heterocycles. The van der Waals surface area contributed by atoms with Gasteiger partial charge in [-0.2, -0.15) is 0 Å². The summed E-state index contributed by atoms with van der Waals surface area (Å²) in [6, 6.07) is 6.37. The molecule has 0 aliphatic rings. The van der Waals surface area contributed by atoms with Crippen molar-refractivity contribution in [2.24, 2.45) is 0 Å². The van der Waals surface area contributed by atoms with E-state index in [0.717, 1.165) is 28.7 Å². The van der Waals surface area contributed by atoms with Gasteiger partial charge >= 0.3 is 0 Å². The van der Waals surface area contributed by atoms with Gasteiger partial charge in [-0.15, -0.1) is 0 Å². The predicted molar refractivity (Wildman–Crippen MR) is 84.6 cm³/mol. The van der Waals surface area contributed by atoms with Crippen LogP contribution in [0.25, 0.3) is 0 Å². The zero-order valence-corrected chi connectivity index (χ0v) is 13.6. The highest BCUT2D eigenvalue weighted by Crippen LogP contribution is 2.33. The predicted octanol–water partition coefficient (Wildman–Crippen LogP) is 4.87. The van der Waals surface area contributed by atoms with Gasteiger partial charge in [0.05, 0.1) is 6.04 Å². The molecule has 0 fully saturated rings. The van der Waals surface area contributed by atoms with Gasteiger partial charge < -0.3 is 9.73 Å². The van der Waals surface area contributed by atoms with E-state index >= 15 is 0 Å². The topological polar surface area (TPSA) is 25.2 Å². The summed E-state index contributed by atoms with van der Waals surface area (Å²) in [5.41, 5.74) is 4.71. The SMILES string of the molecule is CCNC(c1ccc(C)c(Cl)c1)c1c(C)oc(C)c1C.